The number of hydrogen-bond donors (Lipinski definition) is 0. The summed E-state index contributed by atoms with van der Waals surface area (Å²) in [5, 5.41) is 0.903. The average Bonchev–Trinajstić information content (AvgIpc) is 3.22. The van der Waals surface area contributed by atoms with Gasteiger partial charge in [-0.1, -0.05) is 18.2 Å². The standard InChI is InChI=1S/C23H20N2O4S/c1-27-19-11-16(12-20(28-2)22(19)29-3)18(26)10-14-5-4-6-15(9-14)23-25-17-13-24-8-7-21(17)30-23/h4-9,11-13H,10H2,1-3H3. The molecule has 0 N–H and O–H groups in total. The maximum atomic E-state index is 13.0. The predicted octanol–water partition coefficient (Wildman–Crippen LogP) is 4.81. The van der Waals surface area contributed by atoms with Gasteiger partial charge in [-0.15, -0.1) is 11.3 Å². The third kappa shape index (κ3) is 3.84. The van der Waals surface area contributed by atoms with Crippen LogP contribution in [0.4, 0.5) is 0 Å². The minimum absolute atomic E-state index is 0.0418. The van der Waals surface area contributed by atoms with Crippen molar-refractivity contribution in [3.63, 3.8) is 0 Å². The third-order valence-electron chi connectivity index (χ3n) is 4.72. The number of ketones is 1. The van der Waals surface area contributed by atoms with Crippen molar-refractivity contribution in [2.45, 2.75) is 6.42 Å². The SMILES string of the molecule is COc1cc(C(=O)Cc2cccc(-c3nc4cnccc4s3)c2)cc(OC)c1OC. The Morgan fingerprint density at radius 3 is 2.43 bits per heavy atom. The van der Waals surface area contributed by atoms with Crippen LogP contribution in [0.1, 0.15) is 15.9 Å². The summed E-state index contributed by atoms with van der Waals surface area (Å²) in [6.45, 7) is 0. The molecule has 30 heavy (non-hydrogen) atoms. The van der Waals surface area contributed by atoms with Crippen LogP contribution in [0.3, 0.4) is 0 Å². The first-order valence-corrected chi connectivity index (χ1v) is 10.1. The average molecular weight is 420 g/mol. The van der Waals surface area contributed by atoms with E-state index < -0.39 is 0 Å². The molecule has 0 saturated carbocycles. The van der Waals surface area contributed by atoms with Crippen LogP contribution < -0.4 is 14.2 Å². The second kappa shape index (κ2) is 8.51. The number of nitrogens with zero attached hydrogens (tertiary/aromatic N) is 2. The Kier molecular flexibility index (Phi) is 5.63. The van der Waals surface area contributed by atoms with Crippen molar-refractivity contribution in [3.05, 3.63) is 66.0 Å². The molecule has 2 heterocycles. The zero-order chi connectivity index (χ0) is 21.1. The molecule has 0 unspecified atom stereocenters. The van der Waals surface area contributed by atoms with Gasteiger partial charge in [0.25, 0.3) is 0 Å². The summed E-state index contributed by atoms with van der Waals surface area (Å²) in [7, 11) is 4.59. The molecule has 0 aliphatic rings. The number of aromatic nitrogens is 2. The zero-order valence-electron chi connectivity index (χ0n) is 16.8. The molecule has 152 valence electrons. The first-order valence-electron chi connectivity index (χ1n) is 9.26. The number of carbonyl (C=O) groups excluding carboxylic acids is 1. The van der Waals surface area contributed by atoms with E-state index in [1.165, 1.54) is 21.3 Å². The van der Waals surface area contributed by atoms with Gasteiger partial charge in [-0.05, 0) is 29.8 Å². The largest absolute Gasteiger partial charge is 0.493 e. The lowest BCUT2D eigenvalue weighted by molar-refractivity contribution is 0.0992. The van der Waals surface area contributed by atoms with Gasteiger partial charge in [0, 0.05) is 23.7 Å². The van der Waals surface area contributed by atoms with Crippen LogP contribution in [0.25, 0.3) is 20.8 Å². The minimum Gasteiger partial charge on any atom is -0.493 e. The molecule has 7 heteroatoms. The predicted molar refractivity (Wildman–Crippen MR) is 117 cm³/mol. The van der Waals surface area contributed by atoms with Gasteiger partial charge in [-0.2, -0.15) is 0 Å². The highest BCUT2D eigenvalue weighted by molar-refractivity contribution is 7.21. The van der Waals surface area contributed by atoms with E-state index in [9.17, 15) is 4.79 Å². The monoisotopic (exact) mass is 420 g/mol. The normalized spacial score (nSPS) is 10.8. The van der Waals surface area contributed by atoms with Crippen LogP contribution in [0.5, 0.6) is 17.2 Å². The number of hydrogen-bond acceptors (Lipinski definition) is 7. The summed E-state index contributed by atoms with van der Waals surface area (Å²) >= 11 is 1.61. The molecule has 4 rings (SSSR count). The lowest BCUT2D eigenvalue weighted by Gasteiger charge is -2.13. The van der Waals surface area contributed by atoms with Gasteiger partial charge < -0.3 is 14.2 Å². The number of methoxy groups -OCH3 is 3. The number of pyridine rings is 1. The van der Waals surface area contributed by atoms with E-state index in [1.807, 2.05) is 30.3 Å². The van der Waals surface area contributed by atoms with Crippen molar-refractivity contribution >= 4 is 27.3 Å². The smallest absolute Gasteiger partial charge is 0.203 e. The second-order valence-corrected chi connectivity index (χ2v) is 7.61. The Hall–Kier alpha value is -3.45. The van der Waals surface area contributed by atoms with Gasteiger partial charge in [0.2, 0.25) is 5.75 Å². The van der Waals surface area contributed by atoms with E-state index in [0.717, 1.165) is 26.4 Å². The Labute approximate surface area is 178 Å². The lowest BCUT2D eigenvalue weighted by atomic mass is 10.0. The van der Waals surface area contributed by atoms with Crippen molar-refractivity contribution in [2.75, 3.05) is 21.3 Å². The molecule has 0 bridgehead atoms. The molecular weight excluding hydrogens is 400 g/mol. The van der Waals surface area contributed by atoms with E-state index in [-0.39, 0.29) is 12.2 Å². The number of benzene rings is 2. The first kappa shape index (κ1) is 19.8. The Morgan fingerprint density at radius 2 is 1.77 bits per heavy atom. The first-order chi connectivity index (χ1) is 14.6. The van der Waals surface area contributed by atoms with Gasteiger partial charge in [0.15, 0.2) is 17.3 Å². The molecule has 2 aromatic heterocycles. The molecule has 0 atom stereocenters. The fourth-order valence-electron chi connectivity index (χ4n) is 3.25. The summed E-state index contributed by atoms with van der Waals surface area (Å²) in [5.74, 6) is 1.33. The number of fused-ring (bicyclic) bond motifs is 1. The maximum absolute atomic E-state index is 13.0. The van der Waals surface area contributed by atoms with E-state index in [1.54, 1.807) is 35.9 Å². The van der Waals surface area contributed by atoms with E-state index in [4.69, 9.17) is 14.2 Å². The zero-order valence-corrected chi connectivity index (χ0v) is 17.7. The van der Waals surface area contributed by atoms with Crippen molar-refractivity contribution < 1.29 is 19.0 Å². The van der Waals surface area contributed by atoms with Gasteiger partial charge >= 0.3 is 0 Å². The number of carbonyl (C=O) groups is 1. The molecule has 0 spiro atoms. The van der Waals surface area contributed by atoms with Gasteiger partial charge in [-0.3, -0.25) is 9.78 Å². The topological polar surface area (TPSA) is 70.5 Å². The van der Waals surface area contributed by atoms with E-state index >= 15 is 0 Å². The number of Topliss-reactive ketones (excluding diaryl/α,β-unsaturated/α-hetero) is 1. The summed E-state index contributed by atoms with van der Waals surface area (Å²) < 4.78 is 17.1. The van der Waals surface area contributed by atoms with Gasteiger partial charge in [-0.25, -0.2) is 4.98 Å². The maximum Gasteiger partial charge on any atom is 0.203 e. The van der Waals surface area contributed by atoms with Crippen molar-refractivity contribution in [3.8, 4) is 27.8 Å². The quantitative estimate of drug-likeness (QED) is 0.400. The second-order valence-electron chi connectivity index (χ2n) is 6.58. The van der Waals surface area contributed by atoms with Gasteiger partial charge in [0.1, 0.15) is 10.5 Å². The van der Waals surface area contributed by atoms with E-state index in [0.29, 0.717) is 22.8 Å². The highest BCUT2D eigenvalue weighted by Gasteiger charge is 2.17. The van der Waals surface area contributed by atoms with Crippen LogP contribution in [-0.4, -0.2) is 37.1 Å². The molecule has 2 aromatic carbocycles. The molecule has 0 aliphatic carbocycles. The van der Waals surface area contributed by atoms with Crippen LogP contribution in [0, 0.1) is 0 Å². The number of thiazole rings is 1. The fourth-order valence-corrected chi connectivity index (χ4v) is 4.18. The number of ether oxygens (including phenoxy) is 3. The van der Waals surface area contributed by atoms with Crippen LogP contribution in [0.15, 0.2) is 54.9 Å². The Morgan fingerprint density at radius 1 is 1.00 bits per heavy atom. The molecule has 0 fully saturated rings. The van der Waals surface area contributed by atoms with Crippen molar-refractivity contribution in [1.82, 2.24) is 9.97 Å². The number of rotatable bonds is 7. The third-order valence-corrected chi connectivity index (χ3v) is 5.80. The molecular formula is C23H20N2O4S. The summed E-state index contributed by atoms with van der Waals surface area (Å²) in [6.07, 6.45) is 3.77. The molecule has 0 radical (unpaired) electrons. The molecule has 0 saturated heterocycles. The van der Waals surface area contributed by atoms with Crippen molar-refractivity contribution in [1.29, 1.82) is 0 Å². The van der Waals surface area contributed by atoms with Crippen LogP contribution >= 0.6 is 11.3 Å². The van der Waals surface area contributed by atoms with Crippen LogP contribution in [0.2, 0.25) is 0 Å². The lowest BCUT2D eigenvalue weighted by Crippen LogP contribution is -2.06. The van der Waals surface area contributed by atoms with Gasteiger partial charge in [0.05, 0.1) is 32.2 Å². The summed E-state index contributed by atoms with van der Waals surface area (Å²) in [4.78, 5) is 21.7. The van der Waals surface area contributed by atoms with Crippen LogP contribution in [-0.2, 0) is 6.42 Å². The fraction of sp³-hybridized carbons (Fsp3) is 0.174. The highest BCUT2D eigenvalue weighted by atomic mass is 32.1. The highest BCUT2D eigenvalue weighted by Crippen LogP contribution is 2.38. The van der Waals surface area contributed by atoms with E-state index in [2.05, 4.69) is 9.97 Å². The molecule has 0 amide bonds. The molecule has 0 aliphatic heterocycles. The Bertz CT molecular complexity index is 1160. The minimum atomic E-state index is -0.0418. The summed E-state index contributed by atoms with van der Waals surface area (Å²) in [6, 6.07) is 13.2. The Balaban J connectivity index is 1.62. The summed E-state index contributed by atoms with van der Waals surface area (Å²) in [5.41, 5.74) is 3.26. The molecule has 4 aromatic rings. The van der Waals surface area contributed by atoms with Crippen molar-refractivity contribution in [2.24, 2.45) is 0 Å². The molecule has 6 nitrogen and oxygen atoms in total.